The van der Waals surface area contributed by atoms with Gasteiger partial charge in [0, 0.05) is 26.1 Å². The summed E-state index contributed by atoms with van der Waals surface area (Å²) in [5.41, 5.74) is 6.84. The zero-order valence-corrected chi connectivity index (χ0v) is 11.7. The van der Waals surface area contributed by atoms with Crippen LogP contribution in [0.1, 0.15) is 24.4 Å². The van der Waals surface area contributed by atoms with E-state index in [9.17, 15) is 9.59 Å². The van der Waals surface area contributed by atoms with Crippen molar-refractivity contribution in [2.45, 2.75) is 18.9 Å². The average molecular weight is 275 g/mol. The van der Waals surface area contributed by atoms with Gasteiger partial charge in [-0.15, -0.1) is 0 Å². The number of carbonyl (C=O) groups is 2. The van der Waals surface area contributed by atoms with Crippen molar-refractivity contribution in [2.75, 3.05) is 20.1 Å². The zero-order valence-electron chi connectivity index (χ0n) is 11.7. The first-order valence-electron chi connectivity index (χ1n) is 6.94. The normalized spacial score (nSPS) is 17.6. The predicted octanol–water partition coefficient (Wildman–Crippen LogP) is 0.671. The molecule has 1 heterocycles. The van der Waals surface area contributed by atoms with Gasteiger partial charge in [-0.3, -0.25) is 9.59 Å². The highest BCUT2D eigenvalue weighted by Gasteiger charge is 2.29. The van der Waals surface area contributed by atoms with Gasteiger partial charge in [-0.1, -0.05) is 30.3 Å². The lowest BCUT2D eigenvalue weighted by Gasteiger charge is -2.32. The molecule has 0 bridgehead atoms. The topological polar surface area (TPSA) is 75.4 Å². The third-order valence-corrected chi connectivity index (χ3v) is 3.85. The second kappa shape index (κ2) is 6.52. The summed E-state index contributed by atoms with van der Waals surface area (Å²) in [4.78, 5) is 25.7. The highest BCUT2D eigenvalue weighted by molar-refractivity contribution is 5.84. The minimum absolute atomic E-state index is 0.0111. The second-order valence-corrected chi connectivity index (χ2v) is 5.10. The number of nitrogens with two attached hydrogens (primary N) is 1. The Labute approximate surface area is 119 Å². The molecule has 1 aliphatic rings. The van der Waals surface area contributed by atoms with Crippen molar-refractivity contribution in [1.29, 1.82) is 0 Å². The first kappa shape index (κ1) is 14.5. The standard InChI is InChI=1S/C15H21N3O2/c1-17-14(19)12-7-9-18(10-8-12)15(20)13(16)11-5-3-2-4-6-11/h2-6,12-13H,7-10,16H2,1H3,(H,17,19)/t13-/m0/s1. The maximum Gasteiger partial charge on any atom is 0.244 e. The molecule has 0 aromatic heterocycles. The second-order valence-electron chi connectivity index (χ2n) is 5.10. The quantitative estimate of drug-likeness (QED) is 0.851. The van der Waals surface area contributed by atoms with Gasteiger partial charge in [-0.05, 0) is 18.4 Å². The Kier molecular flexibility index (Phi) is 4.74. The molecule has 1 saturated heterocycles. The van der Waals surface area contributed by atoms with Crippen LogP contribution >= 0.6 is 0 Å². The summed E-state index contributed by atoms with van der Waals surface area (Å²) < 4.78 is 0. The molecule has 3 N–H and O–H groups in total. The number of nitrogens with one attached hydrogen (secondary N) is 1. The Hall–Kier alpha value is -1.88. The number of rotatable bonds is 3. The number of piperidine rings is 1. The molecule has 0 aliphatic carbocycles. The van der Waals surface area contributed by atoms with Crippen LogP contribution < -0.4 is 11.1 Å². The smallest absolute Gasteiger partial charge is 0.244 e. The van der Waals surface area contributed by atoms with Crippen LogP contribution in [0.3, 0.4) is 0 Å². The van der Waals surface area contributed by atoms with Crippen LogP contribution in [-0.4, -0.2) is 36.9 Å². The van der Waals surface area contributed by atoms with E-state index < -0.39 is 6.04 Å². The van der Waals surface area contributed by atoms with Gasteiger partial charge in [0.1, 0.15) is 6.04 Å². The number of likely N-dealkylation sites (tertiary alicyclic amines) is 1. The fraction of sp³-hybridized carbons (Fsp3) is 0.467. The van der Waals surface area contributed by atoms with Crippen LogP contribution in [0.25, 0.3) is 0 Å². The minimum Gasteiger partial charge on any atom is -0.359 e. The maximum absolute atomic E-state index is 12.3. The molecule has 1 aliphatic heterocycles. The lowest BCUT2D eigenvalue weighted by molar-refractivity contribution is -0.136. The van der Waals surface area contributed by atoms with Gasteiger partial charge in [0.05, 0.1) is 0 Å². The van der Waals surface area contributed by atoms with E-state index in [0.717, 1.165) is 5.56 Å². The summed E-state index contributed by atoms with van der Waals surface area (Å²) in [5.74, 6) is 0.00742. The Morgan fingerprint density at radius 2 is 1.85 bits per heavy atom. The number of carbonyl (C=O) groups excluding carboxylic acids is 2. The summed E-state index contributed by atoms with van der Waals surface area (Å²) in [6, 6.07) is 8.75. The largest absolute Gasteiger partial charge is 0.359 e. The van der Waals surface area contributed by atoms with Crippen molar-refractivity contribution < 1.29 is 9.59 Å². The zero-order chi connectivity index (χ0) is 14.5. The first-order valence-corrected chi connectivity index (χ1v) is 6.94. The van der Waals surface area contributed by atoms with Crippen LogP contribution in [-0.2, 0) is 9.59 Å². The molecule has 0 radical (unpaired) electrons. The molecule has 1 aromatic rings. The Morgan fingerprint density at radius 1 is 1.25 bits per heavy atom. The van der Waals surface area contributed by atoms with Gasteiger partial charge >= 0.3 is 0 Å². The van der Waals surface area contributed by atoms with Gasteiger partial charge < -0.3 is 16.0 Å². The fourth-order valence-corrected chi connectivity index (χ4v) is 2.57. The molecule has 1 fully saturated rings. The molecule has 2 rings (SSSR count). The minimum atomic E-state index is -0.618. The molecule has 1 atom stereocenters. The van der Waals surface area contributed by atoms with Crippen molar-refractivity contribution in [1.82, 2.24) is 10.2 Å². The molecule has 5 heteroatoms. The Morgan fingerprint density at radius 3 is 2.40 bits per heavy atom. The Bertz CT molecular complexity index is 467. The number of hydrogen-bond acceptors (Lipinski definition) is 3. The summed E-state index contributed by atoms with van der Waals surface area (Å²) >= 11 is 0. The molecular formula is C15H21N3O2. The Balaban J connectivity index is 1.93. The van der Waals surface area contributed by atoms with Gasteiger partial charge in [-0.25, -0.2) is 0 Å². The van der Waals surface area contributed by atoms with Gasteiger partial charge in [0.15, 0.2) is 0 Å². The van der Waals surface area contributed by atoms with Crippen LogP contribution in [0.2, 0.25) is 0 Å². The van der Waals surface area contributed by atoms with Crippen molar-refractivity contribution in [3.63, 3.8) is 0 Å². The van der Waals surface area contributed by atoms with E-state index in [4.69, 9.17) is 5.73 Å². The monoisotopic (exact) mass is 275 g/mol. The summed E-state index contributed by atoms with van der Waals surface area (Å²) in [7, 11) is 1.64. The average Bonchev–Trinajstić information content (AvgIpc) is 2.53. The van der Waals surface area contributed by atoms with Gasteiger partial charge in [-0.2, -0.15) is 0 Å². The van der Waals surface area contributed by atoms with E-state index in [1.165, 1.54) is 0 Å². The van der Waals surface area contributed by atoms with E-state index in [2.05, 4.69) is 5.32 Å². The molecule has 2 amide bonds. The van der Waals surface area contributed by atoms with Gasteiger partial charge in [0.2, 0.25) is 11.8 Å². The van der Waals surface area contributed by atoms with Crippen LogP contribution in [0.15, 0.2) is 30.3 Å². The van der Waals surface area contributed by atoms with Crippen molar-refractivity contribution in [3.05, 3.63) is 35.9 Å². The summed E-state index contributed by atoms with van der Waals surface area (Å²) in [6.45, 7) is 1.19. The molecular weight excluding hydrogens is 254 g/mol. The molecule has 0 saturated carbocycles. The van der Waals surface area contributed by atoms with E-state index in [-0.39, 0.29) is 17.7 Å². The van der Waals surface area contributed by atoms with Crippen LogP contribution in [0, 0.1) is 5.92 Å². The van der Waals surface area contributed by atoms with E-state index in [1.807, 2.05) is 30.3 Å². The van der Waals surface area contributed by atoms with E-state index in [0.29, 0.717) is 25.9 Å². The number of benzene rings is 1. The summed E-state index contributed by atoms with van der Waals surface area (Å²) in [6.07, 6.45) is 1.40. The fourth-order valence-electron chi connectivity index (χ4n) is 2.57. The number of nitrogens with zero attached hydrogens (tertiary/aromatic N) is 1. The highest BCUT2D eigenvalue weighted by atomic mass is 16.2. The van der Waals surface area contributed by atoms with E-state index >= 15 is 0 Å². The van der Waals surface area contributed by atoms with E-state index in [1.54, 1.807) is 11.9 Å². The maximum atomic E-state index is 12.3. The van der Waals surface area contributed by atoms with Crippen molar-refractivity contribution in [3.8, 4) is 0 Å². The van der Waals surface area contributed by atoms with Crippen LogP contribution in [0.4, 0.5) is 0 Å². The SMILES string of the molecule is CNC(=O)C1CCN(C(=O)[C@@H](N)c2ccccc2)CC1. The molecule has 1 aromatic carbocycles. The highest BCUT2D eigenvalue weighted by Crippen LogP contribution is 2.20. The lowest BCUT2D eigenvalue weighted by atomic mass is 9.95. The molecule has 5 nitrogen and oxygen atoms in total. The molecule has 108 valence electrons. The third kappa shape index (κ3) is 3.17. The third-order valence-electron chi connectivity index (χ3n) is 3.85. The van der Waals surface area contributed by atoms with Crippen molar-refractivity contribution >= 4 is 11.8 Å². The first-order chi connectivity index (χ1) is 9.63. The van der Waals surface area contributed by atoms with Crippen LogP contribution in [0.5, 0.6) is 0 Å². The molecule has 0 spiro atoms. The van der Waals surface area contributed by atoms with Gasteiger partial charge in [0.25, 0.3) is 0 Å². The summed E-state index contributed by atoms with van der Waals surface area (Å²) in [5, 5.41) is 2.66. The predicted molar refractivity (Wildman–Crippen MR) is 76.7 cm³/mol. The van der Waals surface area contributed by atoms with Crippen molar-refractivity contribution in [2.24, 2.45) is 11.7 Å². The molecule has 0 unspecified atom stereocenters. The molecule has 20 heavy (non-hydrogen) atoms. The number of hydrogen-bond donors (Lipinski definition) is 2. The number of amides is 2. The lowest BCUT2D eigenvalue weighted by Crippen LogP contribution is -2.45.